The molecule has 0 amide bonds. The minimum atomic E-state index is 0.406. The highest BCUT2D eigenvalue weighted by molar-refractivity contribution is 4.68. The lowest BCUT2D eigenvalue weighted by Gasteiger charge is -2.26. The van der Waals surface area contributed by atoms with Crippen LogP contribution in [-0.2, 0) is 9.47 Å². The van der Waals surface area contributed by atoms with E-state index < -0.39 is 0 Å². The highest BCUT2D eigenvalue weighted by atomic mass is 16.5. The summed E-state index contributed by atoms with van der Waals surface area (Å²) in [7, 11) is 1.78. The zero-order valence-electron chi connectivity index (χ0n) is 6.80. The minimum Gasteiger partial charge on any atom is -0.381 e. The Morgan fingerprint density at radius 1 is 1.40 bits per heavy atom. The standard InChI is InChI=1S/C8H16O2/c1-7(9-2)8-3-5-10-6-4-8/h7-8H,3-6H2,1-2H3. The molecule has 2 heteroatoms. The molecule has 60 valence electrons. The Morgan fingerprint density at radius 2 is 2.00 bits per heavy atom. The lowest BCUT2D eigenvalue weighted by molar-refractivity contribution is -0.00462. The first-order valence-electron chi connectivity index (χ1n) is 3.95. The third-order valence-electron chi connectivity index (χ3n) is 2.30. The SMILES string of the molecule is COC(C)C1CCOCC1. The van der Waals surface area contributed by atoms with Crippen molar-refractivity contribution in [2.45, 2.75) is 25.9 Å². The molecule has 0 aromatic carbocycles. The van der Waals surface area contributed by atoms with Crippen LogP contribution in [0.15, 0.2) is 0 Å². The molecule has 1 saturated heterocycles. The van der Waals surface area contributed by atoms with Crippen LogP contribution < -0.4 is 0 Å². The van der Waals surface area contributed by atoms with Crippen LogP contribution in [0, 0.1) is 5.92 Å². The molecule has 1 fully saturated rings. The highest BCUT2D eigenvalue weighted by Gasteiger charge is 2.19. The maximum atomic E-state index is 5.24. The van der Waals surface area contributed by atoms with Crippen LogP contribution in [0.2, 0.25) is 0 Å². The number of hydrogen-bond acceptors (Lipinski definition) is 2. The van der Waals surface area contributed by atoms with Crippen molar-refractivity contribution in [3.8, 4) is 0 Å². The van der Waals surface area contributed by atoms with E-state index in [9.17, 15) is 0 Å². The maximum absolute atomic E-state index is 5.24. The third-order valence-corrected chi connectivity index (χ3v) is 2.30. The van der Waals surface area contributed by atoms with Crippen molar-refractivity contribution >= 4 is 0 Å². The van der Waals surface area contributed by atoms with Gasteiger partial charge >= 0.3 is 0 Å². The van der Waals surface area contributed by atoms with Gasteiger partial charge in [-0.3, -0.25) is 0 Å². The van der Waals surface area contributed by atoms with Gasteiger partial charge in [-0.25, -0.2) is 0 Å². The summed E-state index contributed by atoms with van der Waals surface area (Å²) in [6.07, 6.45) is 2.73. The molecule has 0 aromatic rings. The predicted molar refractivity (Wildman–Crippen MR) is 40.0 cm³/mol. The molecule has 0 saturated carbocycles. The Balaban J connectivity index is 2.24. The van der Waals surface area contributed by atoms with Crippen LogP contribution in [-0.4, -0.2) is 26.4 Å². The third kappa shape index (κ3) is 1.96. The van der Waals surface area contributed by atoms with Gasteiger partial charge in [0.25, 0.3) is 0 Å². The molecule has 1 atom stereocenters. The summed E-state index contributed by atoms with van der Waals surface area (Å²) in [4.78, 5) is 0. The number of hydrogen-bond donors (Lipinski definition) is 0. The Labute approximate surface area is 62.5 Å². The molecule has 0 aliphatic carbocycles. The second-order valence-electron chi connectivity index (χ2n) is 2.89. The van der Waals surface area contributed by atoms with Crippen LogP contribution in [0.5, 0.6) is 0 Å². The quantitative estimate of drug-likeness (QED) is 0.584. The molecule has 1 aliphatic rings. The van der Waals surface area contributed by atoms with E-state index in [4.69, 9.17) is 9.47 Å². The Bertz CT molecular complexity index is 87.3. The second kappa shape index (κ2) is 3.94. The van der Waals surface area contributed by atoms with E-state index in [1.807, 2.05) is 0 Å². The first-order chi connectivity index (χ1) is 4.84. The average Bonchev–Trinajstić information content (AvgIpc) is 2.05. The largest absolute Gasteiger partial charge is 0.381 e. The summed E-state index contributed by atoms with van der Waals surface area (Å²) in [6.45, 7) is 3.96. The van der Waals surface area contributed by atoms with Crippen LogP contribution in [0.1, 0.15) is 19.8 Å². The van der Waals surface area contributed by atoms with Crippen molar-refractivity contribution in [3.05, 3.63) is 0 Å². The molecule has 0 aromatic heterocycles. The van der Waals surface area contributed by atoms with Gasteiger partial charge in [-0.05, 0) is 25.7 Å². The summed E-state index contributed by atoms with van der Waals surface area (Å²) in [5.41, 5.74) is 0. The van der Waals surface area contributed by atoms with Gasteiger partial charge in [0.1, 0.15) is 0 Å². The summed E-state index contributed by atoms with van der Waals surface area (Å²) in [6, 6.07) is 0. The fraction of sp³-hybridized carbons (Fsp3) is 1.00. The second-order valence-corrected chi connectivity index (χ2v) is 2.89. The van der Waals surface area contributed by atoms with E-state index in [1.165, 1.54) is 0 Å². The van der Waals surface area contributed by atoms with E-state index in [1.54, 1.807) is 7.11 Å². The van der Waals surface area contributed by atoms with E-state index in [0.717, 1.165) is 32.0 Å². The summed E-state index contributed by atoms with van der Waals surface area (Å²) in [5, 5.41) is 0. The van der Waals surface area contributed by atoms with Crippen molar-refractivity contribution < 1.29 is 9.47 Å². The van der Waals surface area contributed by atoms with Crippen LogP contribution in [0.25, 0.3) is 0 Å². The van der Waals surface area contributed by atoms with Gasteiger partial charge in [0.2, 0.25) is 0 Å². The molecule has 2 nitrogen and oxygen atoms in total. The monoisotopic (exact) mass is 144 g/mol. The normalized spacial score (nSPS) is 24.6. The average molecular weight is 144 g/mol. The van der Waals surface area contributed by atoms with E-state index in [2.05, 4.69) is 6.92 Å². The van der Waals surface area contributed by atoms with E-state index >= 15 is 0 Å². The fourth-order valence-corrected chi connectivity index (χ4v) is 1.38. The smallest absolute Gasteiger partial charge is 0.0573 e. The number of methoxy groups -OCH3 is 1. The Morgan fingerprint density at radius 3 is 2.50 bits per heavy atom. The highest BCUT2D eigenvalue weighted by Crippen LogP contribution is 2.19. The van der Waals surface area contributed by atoms with Crippen molar-refractivity contribution in [3.63, 3.8) is 0 Å². The van der Waals surface area contributed by atoms with Crippen LogP contribution in [0.4, 0.5) is 0 Å². The lowest BCUT2D eigenvalue weighted by atomic mass is 9.95. The molecule has 1 heterocycles. The molecule has 1 unspecified atom stereocenters. The molecule has 10 heavy (non-hydrogen) atoms. The van der Waals surface area contributed by atoms with Crippen LogP contribution >= 0.6 is 0 Å². The maximum Gasteiger partial charge on any atom is 0.0573 e. The van der Waals surface area contributed by atoms with Crippen molar-refractivity contribution in [2.24, 2.45) is 5.92 Å². The lowest BCUT2D eigenvalue weighted by Crippen LogP contribution is -2.26. The zero-order valence-corrected chi connectivity index (χ0v) is 6.80. The molecule has 0 bridgehead atoms. The van der Waals surface area contributed by atoms with Gasteiger partial charge in [0.05, 0.1) is 6.10 Å². The Kier molecular flexibility index (Phi) is 3.16. The topological polar surface area (TPSA) is 18.5 Å². The Hall–Kier alpha value is -0.0800. The van der Waals surface area contributed by atoms with Crippen molar-refractivity contribution in [1.29, 1.82) is 0 Å². The summed E-state index contributed by atoms with van der Waals surface area (Å²) >= 11 is 0. The molecule has 0 N–H and O–H groups in total. The van der Waals surface area contributed by atoms with Gasteiger partial charge in [0.15, 0.2) is 0 Å². The first-order valence-corrected chi connectivity index (χ1v) is 3.95. The fourth-order valence-electron chi connectivity index (χ4n) is 1.38. The van der Waals surface area contributed by atoms with E-state index in [0.29, 0.717) is 6.10 Å². The molecule has 0 radical (unpaired) electrons. The molecular formula is C8H16O2. The molecule has 1 aliphatic heterocycles. The van der Waals surface area contributed by atoms with E-state index in [-0.39, 0.29) is 0 Å². The van der Waals surface area contributed by atoms with Gasteiger partial charge in [-0.15, -0.1) is 0 Å². The molecule has 1 rings (SSSR count). The van der Waals surface area contributed by atoms with Crippen LogP contribution in [0.3, 0.4) is 0 Å². The van der Waals surface area contributed by atoms with Gasteiger partial charge < -0.3 is 9.47 Å². The van der Waals surface area contributed by atoms with Gasteiger partial charge in [-0.1, -0.05) is 0 Å². The van der Waals surface area contributed by atoms with Gasteiger partial charge in [-0.2, -0.15) is 0 Å². The molecular weight excluding hydrogens is 128 g/mol. The predicted octanol–water partition coefficient (Wildman–Crippen LogP) is 1.45. The molecule has 0 spiro atoms. The summed E-state index contributed by atoms with van der Waals surface area (Å²) in [5.74, 6) is 0.721. The van der Waals surface area contributed by atoms with Crippen molar-refractivity contribution in [1.82, 2.24) is 0 Å². The first kappa shape index (κ1) is 8.02. The van der Waals surface area contributed by atoms with Gasteiger partial charge in [0, 0.05) is 20.3 Å². The van der Waals surface area contributed by atoms with Crippen molar-refractivity contribution in [2.75, 3.05) is 20.3 Å². The number of rotatable bonds is 2. The minimum absolute atomic E-state index is 0.406. The zero-order chi connectivity index (χ0) is 7.40. The summed E-state index contributed by atoms with van der Waals surface area (Å²) < 4.78 is 10.5. The number of ether oxygens (including phenoxy) is 2.